The third-order valence-corrected chi connectivity index (χ3v) is 5.05. The lowest BCUT2D eigenvalue weighted by Crippen LogP contribution is -2.36. The van der Waals surface area contributed by atoms with Gasteiger partial charge in [0.25, 0.3) is 5.91 Å². The third kappa shape index (κ3) is 3.10. The van der Waals surface area contributed by atoms with E-state index in [1.54, 1.807) is 4.90 Å². The second-order valence-corrected chi connectivity index (χ2v) is 6.93. The number of halogens is 1. The molecule has 1 amide bonds. The van der Waals surface area contributed by atoms with Gasteiger partial charge in [-0.05, 0) is 31.2 Å². The molecule has 0 aromatic carbocycles. The fourth-order valence-corrected chi connectivity index (χ4v) is 3.49. The van der Waals surface area contributed by atoms with E-state index in [-0.39, 0.29) is 23.2 Å². The molecular formula is C17H21FN2O3. The average molecular weight is 320 g/mol. The second-order valence-electron chi connectivity index (χ2n) is 6.93. The monoisotopic (exact) mass is 320 g/mol. The van der Waals surface area contributed by atoms with Gasteiger partial charge in [0.2, 0.25) is 0 Å². The van der Waals surface area contributed by atoms with Crippen molar-refractivity contribution in [1.29, 1.82) is 0 Å². The van der Waals surface area contributed by atoms with E-state index in [9.17, 15) is 9.18 Å². The zero-order chi connectivity index (χ0) is 15.9. The van der Waals surface area contributed by atoms with Crippen molar-refractivity contribution < 1.29 is 18.7 Å². The van der Waals surface area contributed by atoms with E-state index >= 15 is 0 Å². The highest BCUT2D eigenvalue weighted by Gasteiger charge is 2.47. The van der Waals surface area contributed by atoms with Crippen LogP contribution in [0.2, 0.25) is 0 Å². The maximum absolute atomic E-state index is 13.7. The minimum Gasteiger partial charge on any atom is -0.375 e. The van der Waals surface area contributed by atoms with E-state index in [1.165, 1.54) is 25.1 Å². The Kier molecular flexibility index (Phi) is 3.81. The fraction of sp³-hybridized carbons (Fsp3) is 0.647. The molecule has 0 bridgehead atoms. The number of hydrogen-bond donors (Lipinski definition) is 0. The number of hydrogen-bond acceptors (Lipinski definition) is 4. The predicted molar refractivity (Wildman–Crippen MR) is 80.5 cm³/mol. The Bertz CT molecular complexity index is 607. The number of amides is 1. The largest absolute Gasteiger partial charge is 0.375 e. The molecule has 1 aromatic rings. The molecule has 5 nitrogen and oxygen atoms in total. The van der Waals surface area contributed by atoms with E-state index in [4.69, 9.17) is 9.47 Å². The first-order valence-electron chi connectivity index (χ1n) is 8.30. The molecule has 1 spiro atoms. The Morgan fingerprint density at radius 2 is 2.39 bits per heavy atom. The lowest BCUT2D eigenvalue weighted by Gasteiger charge is -2.23. The van der Waals surface area contributed by atoms with Gasteiger partial charge in [-0.1, -0.05) is 0 Å². The first-order chi connectivity index (χ1) is 11.2. The molecule has 6 heteroatoms. The quantitative estimate of drug-likeness (QED) is 0.852. The molecule has 3 fully saturated rings. The molecule has 1 saturated carbocycles. The lowest BCUT2D eigenvalue weighted by molar-refractivity contribution is 0.00154. The summed E-state index contributed by atoms with van der Waals surface area (Å²) in [7, 11) is 0. The zero-order valence-corrected chi connectivity index (χ0v) is 13.0. The maximum atomic E-state index is 13.7. The highest BCUT2D eigenvalue weighted by molar-refractivity contribution is 5.94. The Morgan fingerprint density at radius 1 is 1.52 bits per heavy atom. The molecule has 0 N–H and O–H groups in total. The summed E-state index contributed by atoms with van der Waals surface area (Å²) in [5, 5.41) is 0. The molecule has 2 unspecified atom stereocenters. The van der Waals surface area contributed by atoms with E-state index in [0.717, 1.165) is 31.6 Å². The summed E-state index contributed by atoms with van der Waals surface area (Å²) in [6, 6.07) is 1.43. The van der Waals surface area contributed by atoms with Gasteiger partial charge in [-0.25, -0.2) is 4.39 Å². The molecule has 3 heterocycles. The summed E-state index contributed by atoms with van der Waals surface area (Å²) >= 11 is 0. The topological polar surface area (TPSA) is 51.7 Å². The number of pyridine rings is 1. The molecule has 124 valence electrons. The van der Waals surface area contributed by atoms with Gasteiger partial charge >= 0.3 is 0 Å². The summed E-state index contributed by atoms with van der Waals surface area (Å²) in [6.45, 7) is 2.53. The molecular weight excluding hydrogens is 299 g/mol. The van der Waals surface area contributed by atoms with Crippen LogP contribution in [-0.4, -0.2) is 53.8 Å². The van der Waals surface area contributed by atoms with Crippen LogP contribution < -0.4 is 0 Å². The van der Waals surface area contributed by atoms with Gasteiger partial charge in [0.1, 0.15) is 0 Å². The van der Waals surface area contributed by atoms with Gasteiger partial charge in [-0.15, -0.1) is 0 Å². The van der Waals surface area contributed by atoms with Crippen LogP contribution in [0.5, 0.6) is 0 Å². The van der Waals surface area contributed by atoms with Gasteiger partial charge < -0.3 is 14.4 Å². The molecule has 3 aliphatic rings. The van der Waals surface area contributed by atoms with Crippen LogP contribution in [0, 0.1) is 11.7 Å². The number of carbonyl (C=O) groups is 1. The number of aromatic nitrogens is 1. The Hall–Kier alpha value is -1.53. The molecule has 4 rings (SSSR count). The second kappa shape index (κ2) is 5.83. The summed E-state index contributed by atoms with van der Waals surface area (Å²) < 4.78 is 25.6. The first-order valence-corrected chi connectivity index (χ1v) is 8.30. The van der Waals surface area contributed by atoms with E-state index < -0.39 is 5.82 Å². The van der Waals surface area contributed by atoms with E-state index in [2.05, 4.69) is 4.98 Å². The molecule has 2 aliphatic heterocycles. The van der Waals surface area contributed by atoms with Crippen molar-refractivity contribution in [3.63, 3.8) is 0 Å². The highest BCUT2D eigenvalue weighted by atomic mass is 19.1. The van der Waals surface area contributed by atoms with Gasteiger partial charge in [0.05, 0.1) is 36.6 Å². The normalized spacial score (nSPS) is 30.3. The smallest absolute Gasteiger partial charge is 0.257 e. The van der Waals surface area contributed by atoms with Crippen LogP contribution in [-0.2, 0) is 9.47 Å². The van der Waals surface area contributed by atoms with Crippen LogP contribution in [0.3, 0.4) is 0 Å². The van der Waals surface area contributed by atoms with Crippen molar-refractivity contribution in [2.45, 2.75) is 37.4 Å². The fourth-order valence-electron chi connectivity index (χ4n) is 3.49. The van der Waals surface area contributed by atoms with Crippen LogP contribution >= 0.6 is 0 Å². The zero-order valence-electron chi connectivity index (χ0n) is 13.0. The van der Waals surface area contributed by atoms with Crippen LogP contribution in [0.4, 0.5) is 4.39 Å². The first kappa shape index (κ1) is 15.0. The minimum absolute atomic E-state index is 0.0802. The van der Waals surface area contributed by atoms with Gasteiger partial charge in [-0.2, -0.15) is 0 Å². The Morgan fingerprint density at radius 3 is 3.17 bits per heavy atom. The molecule has 0 radical (unpaired) electrons. The number of nitrogens with zero attached hydrogens (tertiary/aromatic N) is 2. The summed E-state index contributed by atoms with van der Waals surface area (Å²) in [5.41, 5.74) is -0.232. The van der Waals surface area contributed by atoms with E-state index in [0.29, 0.717) is 19.7 Å². The summed E-state index contributed by atoms with van der Waals surface area (Å²) in [5.74, 6) is -0.118. The van der Waals surface area contributed by atoms with Crippen LogP contribution in [0.1, 0.15) is 36.0 Å². The van der Waals surface area contributed by atoms with Gasteiger partial charge in [0.15, 0.2) is 5.82 Å². The standard InChI is InChI=1S/C17H21FN2O3/c18-15-8-19-5-3-14(15)16(21)20-6-4-17(11-20)7-13(10-23-17)22-9-12-1-2-12/h3,5,8,12-13H,1-2,4,6-7,9-11H2. The van der Waals surface area contributed by atoms with Crippen molar-refractivity contribution in [2.24, 2.45) is 5.92 Å². The van der Waals surface area contributed by atoms with E-state index in [1.807, 2.05) is 0 Å². The van der Waals surface area contributed by atoms with Crippen LogP contribution in [0.15, 0.2) is 18.5 Å². The number of likely N-dealkylation sites (tertiary alicyclic amines) is 1. The molecule has 1 aliphatic carbocycles. The molecule has 23 heavy (non-hydrogen) atoms. The lowest BCUT2D eigenvalue weighted by atomic mass is 9.98. The van der Waals surface area contributed by atoms with Crippen molar-refractivity contribution >= 4 is 5.91 Å². The number of rotatable bonds is 4. The Labute approximate surface area is 134 Å². The average Bonchev–Trinajstić information content (AvgIpc) is 3.17. The minimum atomic E-state index is -0.573. The van der Waals surface area contributed by atoms with Crippen LogP contribution in [0.25, 0.3) is 0 Å². The Balaban J connectivity index is 1.37. The molecule has 2 atom stereocenters. The molecule has 2 saturated heterocycles. The SMILES string of the molecule is O=C(c1ccncc1F)N1CCC2(CC(OCC3CC3)CO2)C1. The number of carbonyl (C=O) groups excluding carboxylic acids is 1. The van der Waals surface area contributed by atoms with Crippen molar-refractivity contribution in [2.75, 3.05) is 26.3 Å². The predicted octanol–water partition coefficient (Wildman–Crippen LogP) is 2.02. The van der Waals surface area contributed by atoms with Gasteiger partial charge in [-0.3, -0.25) is 9.78 Å². The van der Waals surface area contributed by atoms with Crippen molar-refractivity contribution in [1.82, 2.24) is 9.88 Å². The third-order valence-electron chi connectivity index (χ3n) is 5.05. The van der Waals surface area contributed by atoms with Gasteiger partial charge in [0, 0.05) is 25.8 Å². The van der Waals surface area contributed by atoms with Crippen molar-refractivity contribution in [3.05, 3.63) is 29.8 Å². The maximum Gasteiger partial charge on any atom is 0.257 e. The highest BCUT2D eigenvalue weighted by Crippen LogP contribution is 2.38. The number of ether oxygens (including phenoxy) is 2. The molecule has 1 aromatic heterocycles. The summed E-state index contributed by atoms with van der Waals surface area (Å²) in [4.78, 5) is 17.9. The van der Waals surface area contributed by atoms with Crippen molar-refractivity contribution in [3.8, 4) is 0 Å². The summed E-state index contributed by atoms with van der Waals surface area (Å²) in [6.07, 6.45) is 6.81.